The van der Waals surface area contributed by atoms with Crippen molar-refractivity contribution >= 4 is 0 Å². The summed E-state index contributed by atoms with van der Waals surface area (Å²) in [6.45, 7) is 9.69. The third kappa shape index (κ3) is 5.35. The van der Waals surface area contributed by atoms with Crippen LogP contribution in [0.1, 0.15) is 32.1 Å². The summed E-state index contributed by atoms with van der Waals surface area (Å²) >= 11 is 0. The summed E-state index contributed by atoms with van der Waals surface area (Å²) in [6, 6.07) is 1.98. The minimum Gasteiger partial charge on any atom is -0.467 e. The van der Waals surface area contributed by atoms with Crippen molar-refractivity contribution in [2.75, 3.05) is 19.8 Å². The number of nitrogens with one attached hydrogen (secondary N) is 1. The van der Waals surface area contributed by atoms with Crippen LogP contribution in [-0.4, -0.2) is 25.9 Å². The molecule has 4 nitrogen and oxygen atoms in total. The molecule has 0 bridgehead atoms. The van der Waals surface area contributed by atoms with E-state index in [0.717, 1.165) is 31.0 Å². The normalized spacial score (nSPS) is 12.9. The summed E-state index contributed by atoms with van der Waals surface area (Å²) in [7, 11) is 0. The Labute approximate surface area is 103 Å². The van der Waals surface area contributed by atoms with E-state index in [4.69, 9.17) is 13.9 Å². The molecule has 1 unspecified atom stereocenters. The first kappa shape index (κ1) is 14.2. The van der Waals surface area contributed by atoms with Gasteiger partial charge in [-0.2, -0.15) is 0 Å². The average molecular weight is 241 g/mol. The van der Waals surface area contributed by atoms with Crippen LogP contribution in [0, 0.1) is 0 Å². The highest BCUT2D eigenvalue weighted by molar-refractivity contribution is 5.16. The molecule has 1 atom stereocenters. The highest BCUT2D eigenvalue weighted by Crippen LogP contribution is 2.12. The maximum Gasteiger partial charge on any atom is 0.133 e. The molecule has 1 aromatic heterocycles. The van der Waals surface area contributed by atoms with Gasteiger partial charge in [-0.25, -0.2) is 0 Å². The molecule has 1 heterocycles. The Kier molecular flexibility index (Phi) is 6.93. The van der Waals surface area contributed by atoms with E-state index in [-0.39, 0.29) is 6.10 Å². The molecule has 1 rings (SSSR count). The van der Waals surface area contributed by atoms with Crippen LogP contribution in [0.5, 0.6) is 0 Å². The molecular formula is C13H23NO3. The highest BCUT2D eigenvalue weighted by Gasteiger charge is 2.08. The number of hydrogen-bond donors (Lipinski definition) is 1. The lowest BCUT2D eigenvalue weighted by Crippen LogP contribution is -2.17. The van der Waals surface area contributed by atoms with Crippen molar-refractivity contribution in [1.29, 1.82) is 0 Å². The number of furan rings is 1. The molecule has 0 radical (unpaired) electrons. The van der Waals surface area contributed by atoms with Gasteiger partial charge in [0, 0.05) is 18.7 Å². The van der Waals surface area contributed by atoms with E-state index in [1.807, 2.05) is 19.9 Å². The van der Waals surface area contributed by atoms with Crippen LogP contribution in [0.4, 0.5) is 0 Å². The van der Waals surface area contributed by atoms with E-state index in [0.29, 0.717) is 13.2 Å². The van der Waals surface area contributed by atoms with Crippen molar-refractivity contribution < 1.29 is 13.9 Å². The maximum absolute atomic E-state index is 5.66. The van der Waals surface area contributed by atoms with Gasteiger partial charge in [0.1, 0.15) is 12.4 Å². The average Bonchev–Trinajstić information content (AvgIpc) is 2.78. The molecule has 0 aliphatic carbocycles. The summed E-state index contributed by atoms with van der Waals surface area (Å²) in [6.07, 6.45) is 1.80. The van der Waals surface area contributed by atoms with Crippen molar-refractivity contribution in [2.24, 2.45) is 0 Å². The minimum atomic E-state index is 0.0898. The molecule has 1 N–H and O–H groups in total. The van der Waals surface area contributed by atoms with Gasteiger partial charge in [0.2, 0.25) is 0 Å². The largest absolute Gasteiger partial charge is 0.467 e. The zero-order chi connectivity index (χ0) is 12.5. The fourth-order valence-corrected chi connectivity index (χ4v) is 1.46. The Morgan fingerprint density at radius 2 is 2.24 bits per heavy atom. The van der Waals surface area contributed by atoms with E-state index in [1.165, 1.54) is 0 Å². The molecule has 0 aliphatic rings. The molecule has 0 aliphatic heterocycles. The van der Waals surface area contributed by atoms with Crippen LogP contribution in [0.25, 0.3) is 0 Å². The van der Waals surface area contributed by atoms with Crippen molar-refractivity contribution in [3.63, 3.8) is 0 Å². The van der Waals surface area contributed by atoms with Crippen LogP contribution in [0.2, 0.25) is 0 Å². The van der Waals surface area contributed by atoms with E-state index in [9.17, 15) is 0 Å². The molecule has 1 aromatic rings. The number of hydrogen-bond acceptors (Lipinski definition) is 4. The second-order valence-electron chi connectivity index (χ2n) is 3.93. The second-order valence-corrected chi connectivity index (χ2v) is 3.93. The SMILES string of the molecule is CCNCc1ccoc1COC(C)COCC. The molecule has 98 valence electrons. The topological polar surface area (TPSA) is 43.6 Å². The van der Waals surface area contributed by atoms with Crippen LogP contribution in [-0.2, 0) is 22.6 Å². The van der Waals surface area contributed by atoms with Gasteiger partial charge in [0.15, 0.2) is 0 Å². The zero-order valence-electron chi connectivity index (χ0n) is 11.0. The summed E-state index contributed by atoms with van der Waals surface area (Å²) in [5, 5.41) is 3.27. The standard InChI is InChI=1S/C13H23NO3/c1-4-14-8-12-6-7-16-13(12)10-17-11(3)9-15-5-2/h6-7,11,14H,4-5,8-10H2,1-3H3. The second kappa shape index (κ2) is 8.28. The molecule has 0 saturated carbocycles. The molecule has 0 saturated heterocycles. The molecule has 0 aromatic carbocycles. The summed E-state index contributed by atoms with van der Waals surface area (Å²) in [5.41, 5.74) is 1.16. The van der Waals surface area contributed by atoms with Gasteiger partial charge in [0.25, 0.3) is 0 Å². The summed E-state index contributed by atoms with van der Waals surface area (Å²) in [4.78, 5) is 0. The minimum absolute atomic E-state index is 0.0898. The first-order valence-corrected chi connectivity index (χ1v) is 6.23. The van der Waals surface area contributed by atoms with Gasteiger partial charge < -0.3 is 19.2 Å². The monoisotopic (exact) mass is 241 g/mol. The highest BCUT2D eigenvalue weighted by atomic mass is 16.5. The van der Waals surface area contributed by atoms with Crippen molar-refractivity contribution in [3.8, 4) is 0 Å². The number of ether oxygens (including phenoxy) is 2. The van der Waals surface area contributed by atoms with Crippen molar-refractivity contribution in [1.82, 2.24) is 5.32 Å². The van der Waals surface area contributed by atoms with Crippen LogP contribution in [0.3, 0.4) is 0 Å². The van der Waals surface area contributed by atoms with Gasteiger partial charge in [-0.1, -0.05) is 6.92 Å². The predicted octanol–water partition coefficient (Wildman–Crippen LogP) is 2.33. The molecular weight excluding hydrogens is 218 g/mol. The van der Waals surface area contributed by atoms with Crippen LogP contribution < -0.4 is 5.32 Å². The Morgan fingerprint density at radius 3 is 2.94 bits per heavy atom. The van der Waals surface area contributed by atoms with Crippen molar-refractivity contribution in [3.05, 3.63) is 23.7 Å². The van der Waals surface area contributed by atoms with Gasteiger partial charge in [0.05, 0.1) is 19.0 Å². The first-order chi connectivity index (χ1) is 8.27. The Bertz CT molecular complexity index is 299. The quantitative estimate of drug-likeness (QED) is 0.720. The fraction of sp³-hybridized carbons (Fsp3) is 0.692. The Hall–Kier alpha value is -0.840. The summed E-state index contributed by atoms with van der Waals surface area (Å²) in [5.74, 6) is 0.897. The van der Waals surface area contributed by atoms with Crippen LogP contribution in [0.15, 0.2) is 16.7 Å². The zero-order valence-corrected chi connectivity index (χ0v) is 11.0. The van der Waals surface area contributed by atoms with Crippen molar-refractivity contribution in [2.45, 2.75) is 40.0 Å². The van der Waals surface area contributed by atoms with E-state index in [1.54, 1.807) is 6.26 Å². The number of rotatable bonds is 9. The lowest BCUT2D eigenvalue weighted by atomic mass is 10.2. The van der Waals surface area contributed by atoms with Gasteiger partial charge in [-0.3, -0.25) is 0 Å². The van der Waals surface area contributed by atoms with E-state index >= 15 is 0 Å². The predicted molar refractivity (Wildman–Crippen MR) is 66.8 cm³/mol. The third-order valence-corrected chi connectivity index (χ3v) is 2.46. The molecule has 0 fully saturated rings. The fourth-order valence-electron chi connectivity index (χ4n) is 1.46. The molecule has 0 spiro atoms. The molecule has 0 amide bonds. The lowest BCUT2D eigenvalue weighted by molar-refractivity contribution is -0.0173. The van der Waals surface area contributed by atoms with Gasteiger partial charge >= 0.3 is 0 Å². The van der Waals surface area contributed by atoms with Crippen LogP contribution >= 0.6 is 0 Å². The van der Waals surface area contributed by atoms with Gasteiger partial charge in [-0.15, -0.1) is 0 Å². The summed E-state index contributed by atoms with van der Waals surface area (Å²) < 4.78 is 16.4. The first-order valence-electron chi connectivity index (χ1n) is 6.23. The maximum atomic E-state index is 5.66. The Balaban J connectivity index is 2.32. The molecule has 17 heavy (non-hydrogen) atoms. The third-order valence-electron chi connectivity index (χ3n) is 2.46. The lowest BCUT2D eigenvalue weighted by Gasteiger charge is -2.12. The van der Waals surface area contributed by atoms with E-state index < -0.39 is 0 Å². The molecule has 4 heteroatoms. The van der Waals surface area contributed by atoms with Gasteiger partial charge in [-0.05, 0) is 26.5 Å². The Morgan fingerprint density at radius 1 is 1.41 bits per heavy atom. The smallest absolute Gasteiger partial charge is 0.133 e. The van der Waals surface area contributed by atoms with E-state index in [2.05, 4.69) is 12.2 Å².